The number of carbonyl (C=O) groups excluding carboxylic acids is 2. The number of halogens is 3. The molecule has 2 rings (SSSR count). The molecule has 0 spiro atoms. The third-order valence-electron chi connectivity index (χ3n) is 3.59. The highest BCUT2D eigenvalue weighted by atomic mass is 79.9. The van der Waals surface area contributed by atoms with Gasteiger partial charge in [-0.3, -0.25) is 25.8 Å². The van der Waals surface area contributed by atoms with E-state index in [-0.39, 0.29) is 10.1 Å². The van der Waals surface area contributed by atoms with Crippen molar-refractivity contribution in [3.05, 3.63) is 56.5 Å². The summed E-state index contributed by atoms with van der Waals surface area (Å²) in [4.78, 5) is 24.5. The van der Waals surface area contributed by atoms with Crippen LogP contribution in [0.3, 0.4) is 0 Å². The smallest absolute Gasteiger partial charge is 0.279 e. The normalized spacial score (nSPS) is 11.2. The predicted molar refractivity (Wildman–Crippen MR) is 123 cm³/mol. The van der Waals surface area contributed by atoms with Gasteiger partial charge in [0.1, 0.15) is 11.5 Å². The van der Waals surface area contributed by atoms with E-state index in [2.05, 4.69) is 32.1 Å². The zero-order valence-electron chi connectivity index (χ0n) is 15.9. The SMILES string of the molecule is CCOc1ccc(C(=O)NC(=S)NNC(=O)C(C)Oc2ccc(Cl)cc2Cl)cc1Br. The summed E-state index contributed by atoms with van der Waals surface area (Å²) in [6.45, 7) is 3.90. The Morgan fingerprint density at radius 2 is 1.83 bits per heavy atom. The van der Waals surface area contributed by atoms with Gasteiger partial charge in [0.15, 0.2) is 11.2 Å². The van der Waals surface area contributed by atoms with E-state index >= 15 is 0 Å². The molecule has 0 bridgehead atoms. The number of amides is 2. The lowest BCUT2D eigenvalue weighted by atomic mass is 10.2. The molecule has 0 aromatic heterocycles. The lowest BCUT2D eigenvalue weighted by Crippen LogP contribution is -2.51. The largest absolute Gasteiger partial charge is 0.493 e. The monoisotopic (exact) mass is 533 g/mol. The Bertz CT molecular complexity index is 961. The first kappa shape index (κ1) is 24.2. The zero-order valence-corrected chi connectivity index (χ0v) is 19.8. The van der Waals surface area contributed by atoms with Gasteiger partial charge in [-0.05, 0) is 78.4 Å². The van der Waals surface area contributed by atoms with Gasteiger partial charge >= 0.3 is 0 Å². The zero-order chi connectivity index (χ0) is 22.3. The van der Waals surface area contributed by atoms with E-state index in [9.17, 15) is 9.59 Å². The number of rotatable bonds is 6. The highest BCUT2D eigenvalue weighted by molar-refractivity contribution is 9.10. The lowest BCUT2D eigenvalue weighted by Gasteiger charge is -2.17. The molecule has 0 radical (unpaired) electrons. The van der Waals surface area contributed by atoms with Gasteiger partial charge < -0.3 is 9.47 Å². The maximum Gasteiger partial charge on any atom is 0.279 e. The van der Waals surface area contributed by atoms with Gasteiger partial charge in [-0.2, -0.15) is 0 Å². The molecule has 2 aromatic rings. The number of ether oxygens (including phenoxy) is 2. The lowest BCUT2D eigenvalue weighted by molar-refractivity contribution is -0.127. The molecule has 0 saturated carbocycles. The molecule has 11 heteroatoms. The van der Waals surface area contributed by atoms with Crippen molar-refractivity contribution < 1.29 is 19.1 Å². The summed E-state index contributed by atoms with van der Waals surface area (Å²) in [5, 5.41) is 3.10. The molecule has 0 heterocycles. The average Bonchev–Trinajstić information content (AvgIpc) is 2.69. The molecule has 1 unspecified atom stereocenters. The number of carbonyl (C=O) groups is 2. The minimum Gasteiger partial charge on any atom is -0.493 e. The van der Waals surface area contributed by atoms with Crippen molar-refractivity contribution in [3.8, 4) is 11.5 Å². The number of hydrogen-bond acceptors (Lipinski definition) is 5. The maximum absolute atomic E-state index is 12.3. The molecule has 0 aliphatic rings. The summed E-state index contributed by atoms with van der Waals surface area (Å²) in [6.07, 6.45) is -0.892. The number of benzene rings is 2. The number of hydrazine groups is 1. The first-order chi connectivity index (χ1) is 14.2. The van der Waals surface area contributed by atoms with Crippen molar-refractivity contribution in [1.29, 1.82) is 0 Å². The molecule has 2 aromatic carbocycles. The summed E-state index contributed by atoms with van der Waals surface area (Å²) < 4.78 is 11.5. The fraction of sp³-hybridized carbons (Fsp3) is 0.211. The van der Waals surface area contributed by atoms with Gasteiger partial charge in [-0.25, -0.2) is 0 Å². The Morgan fingerprint density at radius 3 is 2.47 bits per heavy atom. The Hall–Kier alpha value is -2.07. The highest BCUT2D eigenvalue weighted by Crippen LogP contribution is 2.28. The van der Waals surface area contributed by atoms with E-state index in [0.717, 1.165) is 0 Å². The van der Waals surface area contributed by atoms with E-state index in [1.807, 2.05) is 6.92 Å². The Morgan fingerprint density at radius 1 is 1.13 bits per heavy atom. The number of thiocarbonyl (C=S) groups is 1. The van der Waals surface area contributed by atoms with Gasteiger partial charge in [0.05, 0.1) is 16.1 Å². The second kappa shape index (κ2) is 11.4. The fourth-order valence-corrected chi connectivity index (χ4v) is 3.25. The Kier molecular flexibility index (Phi) is 9.16. The van der Waals surface area contributed by atoms with Gasteiger partial charge in [0.25, 0.3) is 11.8 Å². The number of hydrogen-bond donors (Lipinski definition) is 3. The van der Waals surface area contributed by atoms with Crippen LogP contribution in [-0.2, 0) is 4.79 Å². The van der Waals surface area contributed by atoms with Crippen molar-refractivity contribution in [3.63, 3.8) is 0 Å². The summed E-state index contributed by atoms with van der Waals surface area (Å²) in [5.41, 5.74) is 5.16. The molecule has 0 aliphatic heterocycles. The molecule has 0 saturated heterocycles. The second-order valence-electron chi connectivity index (χ2n) is 5.81. The van der Waals surface area contributed by atoms with E-state index in [0.29, 0.717) is 33.2 Å². The van der Waals surface area contributed by atoms with Crippen molar-refractivity contribution in [1.82, 2.24) is 16.2 Å². The molecule has 160 valence electrons. The van der Waals surface area contributed by atoms with Crippen molar-refractivity contribution >= 4 is 68.3 Å². The standard InChI is InChI=1S/C19H18BrCl2N3O4S/c1-3-28-15-6-4-11(8-13(15)20)18(27)23-19(30)25-24-17(26)10(2)29-16-7-5-12(21)9-14(16)22/h4-10H,3H2,1-2H3,(H,24,26)(H2,23,25,27,30). The topological polar surface area (TPSA) is 88.7 Å². The van der Waals surface area contributed by atoms with Crippen LogP contribution >= 0.6 is 51.3 Å². The predicted octanol–water partition coefficient (Wildman–Crippen LogP) is 4.26. The van der Waals surface area contributed by atoms with Gasteiger partial charge in [-0.15, -0.1) is 0 Å². The minimum atomic E-state index is -0.892. The summed E-state index contributed by atoms with van der Waals surface area (Å²) >= 11 is 20.2. The molecular weight excluding hydrogens is 517 g/mol. The molecule has 2 amide bonds. The van der Waals surface area contributed by atoms with Crippen LogP contribution in [0.1, 0.15) is 24.2 Å². The van der Waals surface area contributed by atoms with E-state index < -0.39 is 17.9 Å². The molecule has 0 aliphatic carbocycles. The van der Waals surface area contributed by atoms with Gasteiger partial charge in [0.2, 0.25) is 0 Å². The average molecular weight is 535 g/mol. The summed E-state index contributed by atoms with van der Waals surface area (Å²) in [7, 11) is 0. The van der Waals surface area contributed by atoms with Crippen LogP contribution in [0.25, 0.3) is 0 Å². The number of nitrogens with one attached hydrogen (secondary N) is 3. The summed E-state index contributed by atoms with van der Waals surface area (Å²) in [6, 6.07) is 9.52. The fourth-order valence-electron chi connectivity index (χ4n) is 2.16. The van der Waals surface area contributed by atoms with Crippen molar-refractivity contribution in [2.45, 2.75) is 20.0 Å². The third kappa shape index (κ3) is 7.02. The van der Waals surface area contributed by atoms with Crippen LogP contribution in [0, 0.1) is 0 Å². The van der Waals surface area contributed by atoms with Gasteiger partial charge in [-0.1, -0.05) is 23.2 Å². The van der Waals surface area contributed by atoms with Gasteiger partial charge in [0, 0.05) is 10.6 Å². The second-order valence-corrected chi connectivity index (χ2v) is 7.92. The van der Waals surface area contributed by atoms with Crippen LogP contribution < -0.4 is 25.6 Å². The van der Waals surface area contributed by atoms with Crippen molar-refractivity contribution in [2.75, 3.05) is 6.61 Å². The first-order valence-electron chi connectivity index (χ1n) is 8.66. The molecule has 3 N–H and O–H groups in total. The van der Waals surface area contributed by atoms with Crippen LogP contribution in [-0.4, -0.2) is 29.6 Å². The molecule has 30 heavy (non-hydrogen) atoms. The maximum atomic E-state index is 12.3. The summed E-state index contributed by atoms with van der Waals surface area (Å²) in [5.74, 6) is -0.0540. The highest BCUT2D eigenvalue weighted by Gasteiger charge is 2.17. The first-order valence-corrected chi connectivity index (χ1v) is 10.6. The molecule has 0 fully saturated rings. The third-order valence-corrected chi connectivity index (χ3v) is 4.94. The molecular formula is C19H18BrCl2N3O4S. The minimum absolute atomic E-state index is 0.0879. The quantitative estimate of drug-likeness (QED) is 0.379. The van der Waals surface area contributed by atoms with E-state index in [4.69, 9.17) is 44.9 Å². The Labute approximate surface area is 197 Å². The molecule has 1 atom stereocenters. The van der Waals surface area contributed by atoms with Crippen LogP contribution in [0.4, 0.5) is 0 Å². The Balaban J connectivity index is 1.85. The van der Waals surface area contributed by atoms with Crippen LogP contribution in [0.2, 0.25) is 10.0 Å². The van der Waals surface area contributed by atoms with E-state index in [1.54, 1.807) is 30.3 Å². The van der Waals surface area contributed by atoms with Crippen molar-refractivity contribution in [2.24, 2.45) is 0 Å². The van der Waals surface area contributed by atoms with Crippen LogP contribution in [0.15, 0.2) is 40.9 Å². The van der Waals surface area contributed by atoms with Crippen LogP contribution in [0.5, 0.6) is 11.5 Å². The van der Waals surface area contributed by atoms with E-state index in [1.165, 1.54) is 13.0 Å². The molecule has 7 nitrogen and oxygen atoms in total.